The normalized spacial score (nSPS) is 25.1. The molecule has 1 unspecified atom stereocenters. The Labute approximate surface area is 157 Å². The number of methoxy groups -OCH3 is 1. The van der Waals surface area contributed by atoms with Crippen LogP contribution >= 0.6 is 0 Å². The van der Waals surface area contributed by atoms with Gasteiger partial charge < -0.3 is 10.5 Å². The van der Waals surface area contributed by atoms with Crippen molar-refractivity contribution in [2.24, 2.45) is 11.7 Å². The summed E-state index contributed by atoms with van der Waals surface area (Å²) in [4.78, 5) is 0. The number of fused-ring (bicyclic) bond motifs is 1. The summed E-state index contributed by atoms with van der Waals surface area (Å²) in [7, 11) is 1.74. The summed E-state index contributed by atoms with van der Waals surface area (Å²) >= 11 is 0. The van der Waals surface area contributed by atoms with E-state index in [-0.39, 0.29) is 0 Å². The number of aryl methyl sites for hydroxylation is 2. The number of hydrogen-bond donors (Lipinski definition) is 1. The third-order valence-corrected chi connectivity index (χ3v) is 6.48. The summed E-state index contributed by atoms with van der Waals surface area (Å²) in [5, 5.41) is 0. The Morgan fingerprint density at radius 2 is 1.96 bits per heavy atom. The zero-order valence-electron chi connectivity index (χ0n) is 15.9. The highest BCUT2D eigenvalue weighted by atomic mass is 16.5. The molecule has 2 nitrogen and oxygen atoms in total. The van der Waals surface area contributed by atoms with Crippen LogP contribution in [-0.4, -0.2) is 13.2 Å². The summed E-state index contributed by atoms with van der Waals surface area (Å²) in [5.74, 6) is 2.47. The zero-order chi connectivity index (χ0) is 17.9. The smallest absolute Gasteiger partial charge is 0.119 e. The average Bonchev–Trinajstić information content (AvgIpc) is 3.12. The van der Waals surface area contributed by atoms with Crippen molar-refractivity contribution in [3.05, 3.63) is 64.7 Å². The third-order valence-electron chi connectivity index (χ3n) is 6.48. The lowest BCUT2D eigenvalue weighted by atomic mass is 9.79. The fraction of sp³-hybridized carbons (Fsp3) is 0.500. The molecule has 0 spiro atoms. The molecule has 138 valence electrons. The molecule has 2 aliphatic rings. The van der Waals surface area contributed by atoms with Crippen LogP contribution in [0.25, 0.3) is 0 Å². The van der Waals surface area contributed by atoms with Crippen LogP contribution in [0.3, 0.4) is 0 Å². The molecule has 2 heteroatoms. The monoisotopic (exact) mass is 349 g/mol. The minimum atomic E-state index is 0.414. The minimum Gasteiger partial charge on any atom is -0.497 e. The largest absolute Gasteiger partial charge is 0.497 e. The molecule has 0 amide bonds. The molecule has 0 aliphatic heterocycles. The number of ether oxygens (including phenoxy) is 1. The number of hydrogen-bond acceptors (Lipinski definition) is 2. The molecule has 0 bridgehead atoms. The average molecular weight is 350 g/mol. The molecule has 2 N–H and O–H groups in total. The molecule has 0 heterocycles. The van der Waals surface area contributed by atoms with Gasteiger partial charge in [0, 0.05) is 6.04 Å². The second-order valence-corrected chi connectivity index (χ2v) is 8.30. The van der Waals surface area contributed by atoms with Gasteiger partial charge in [-0.25, -0.2) is 0 Å². The van der Waals surface area contributed by atoms with E-state index in [1.165, 1.54) is 56.1 Å². The molecular formula is C24H31NO. The molecule has 2 aliphatic carbocycles. The first-order valence-corrected chi connectivity index (χ1v) is 10.2. The third kappa shape index (κ3) is 3.96. The van der Waals surface area contributed by atoms with Crippen LogP contribution in [0.1, 0.15) is 60.3 Å². The van der Waals surface area contributed by atoms with E-state index < -0.39 is 0 Å². The predicted octanol–water partition coefficient (Wildman–Crippen LogP) is 5.03. The molecule has 2 aromatic carbocycles. The molecule has 26 heavy (non-hydrogen) atoms. The maximum atomic E-state index is 6.11. The molecule has 0 aromatic heterocycles. The van der Waals surface area contributed by atoms with Gasteiger partial charge in [0.25, 0.3) is 0 Å². The molecular weight excluding hydrogens is 318 g/mol. The van der Waals surface area contributed by atoms with Gasteiger partial charge in [0.1, 0.15) is 5.75 Å². The van der Waals surface area contributed by atoms with Crippen LogP contribution in [0.5, 0.6) is 5.75 Å². The van der Waals surface area contributed by atoms with Gasteiger partial charge >= 0.3 is 0 Å². The van der Waals surface area contributed by atoms with E-state index in [1.54, 1.807) is 18.2 Å². The van der Waals surface area contributed by atoms with Crippen LogP contribution in [-0.2, 0) is 19.3 Å². The van der Waals surface area contributed by atoms with E-state index >= 15 is 0 Å². The number of rotatable bonds is 5. The van der Waals surface area contributed by atoms with Crippen molar-refractivity contribution in [2.45, 2.75) is 63.3 Å². The fourth-order valence-corrected chi connectivity index (χ4v) is 4.87. The van der Waals surface area contributed by atoms with E-state index in [2.05, 4.69) is 36.4 Å². The lowest BCUT2D eigenvalue weighted by Crippen LogP contribution is -2.16. The molecule has 1 fully saturated rings. The standard InChI is InChI=1S/C24H31NO/c1-26-24-4-2-3-17(14-24)5-6-18-7-8-20-15-21(10-9-19(20)13-18)22-11-12-23(25)16-22/h2-4,9-10,14-15,18,22-23H,5-8,11-13,16,25H2,1H3/t18?,22-,23+/m0/s1. The SMILES string of the molecule is COc1cccc(CCC2CCc3cc([C@H]4CC[C@@H](N)C4)ccc3C2)c1. The van der Waals surface area contributed by atoms with Gasteiger partial charge in [0.05, 0.1) is 7.11 Å². The maximum absolute atomic E-state index is 6.11. The van der Waals surface area contributed by atoms with Crippen LogP contribution in [0, 0.1) is 5.92 Å². The Hall–Kier alpha value is -1.80. The van der Waals surface area contributed by atoms with Crippen LogP contribution in [0.2, 0.25) is 0 Å². The van der Waals surface area contributed by atoms with E-state index in [4.69, 9.17) is 10.5 Å². The highest BCUT2D eigenvalue weighted by Gasteiger charge is 2.25. The van der Waals surface area contributed by atoms with Crippen LogP contribution in [0.15, 0.2) is 42.5 Å². The van der Waals surface area contributed by atoms with Gasteiger partial charge in [-0.2, -0.15) is 0 Å². The van der Waals surface area contributed by atoms with E-state index in [0.29, 0.717) is 12.0 Å². The summed E-state index contributed by atoms with van der Waals surface area (Å²) in [6.07, 6.45) is 9.85. The molecule has 4 rings (SSSR count). The fourth-order valence-electron chi connectivity index (χ4n) is 4.87. The minimum absolute atomic E-state index is 0.414. The van der Waals surface area contributed by atoms with Crippen molar-refractivity contribution in [2.75, 3.05) is 7.11 Å². The van der Waals surface area contributed by atoms with E-state index in [1.807, 2.05) is 6.07 Å². The lowest BCUT2D eigenvalue weighted by molar-refractivity contribution is 0.411. The Balaban J connectivity index is 1.37. The van der Waals surface area contributed by atoms with Crippen LogP contribution in [0.4, 0.5) is 0 Å². The quantitative estimate of drug-likeness (QED) is 0.822. The van der Waals surface area contributed by atoms with Gasteiger partial charge in [-0.15, -0.1) is 0 Å². The van der Waals surface area contributed by atoms with Crippen molar-refractivity contribution in [3.63, 3.8) is 0 Å². The van der Waals surface area contributed by atoms with Crippen molar-refractivity contribution < 1.29 is 4.74 Å². The maximum Gasteiger partial charge on any atom is 0.119 e. The summed E-state index contributed by atoms with van der Waals surface area (Å²) in [6, 6.07) is 16.2. The van der Waals surface area contributed by atoms with E-state index in [9.17, 15) is 0 Å². The zero-order valence-corrected chi connectivity index (χ0v) is 15.9. The Morgan fingerprint density at radius 1 is 1.04 bits per heavy atom. The number of nitrogens with two attached hydrogens (primary N) is 1. The van der Waals surface area contributed by atoms with Crippen molar-refractivity contribution >= 4 is 0 Å². The first-order chi connectivity index (χ1) is 12.7. The Kier molecular flexibility index (Phi) is 5.31. The van der Waals surface area contributed by atoms with Crippen molar-refractivity contribution in [1.29, 1.82) is 0 Å². The summed E-state index contributed by atoms with van der Waals surface area (Å²) < 4.78 is 5.35. The van der Waals surface area contributed by atoms with E-state index in [0.717, 1.165) is 18.1 Å². The lowest BCUT2D eigenvalue weighted by Gasteiger charge is -2.26. The second kappa shape index (κ2) is 7.84. The van der Waals surface area contributed by atoms with Gasteiger partial charge in [0.2, 0.25) is 0 Å². The molecule has 0 radical (unpaired) electrons. The summed E-state index contributed by atoms with van der Waals surface area (Å²) in [5.41, 5.74) is 12.2. The topological polar surface area (TPSA) is 35.2 Å². The molecule has 2 aromatic rings. The summed E-state index contributed by atoms with van der Waals surface area (Å²) in [6.45, 7) is 0. The van der Waals surface area contributed by atoms with Gasteiger partial charge in [0.15, 0.2) is 0 Å². The molecule has 1 saturated carbocycles. The van der Waals surface area contributed by atoms with Crippen LogP contribution < -0.4 is 10.5 Å². The predicted molar refractivity (Wildman–Crippen MR) is 108 cm³/mol. The van der Waals surface area contributed by atoms with Gasteiger partial charge in [-0.05, 0) is 97.6 Å². The second-order valence-electron chi connectivity index (χ2n) is 8.30. The molecule has 0 saturated heterocycles. The highest BCUT2D eigenvalue weighted by Crippen LogP contribution is 2.36. The highest BCUT2D eigenvalue weighted by molar-refractivity contribution is 5.36. The first kappa shape index (κ1) is 17.6. The Bertz CT molecular complexity index is 754. The number of benzene rings is 2. The van der Waals surface area contributed by atoms with Crippen molar-refractivity contribution in [1.82, 2.24) is 0 Å². The van der Waals surface area contributed by atoms with Crippen molar-refractivity contribution in [3.8, 4) is 5.75 Å². The van der Waals surface area contributed by atoms with Gasteiger partial charge in [-0.1, -0.05) is 30.3 Å². The molecule has 3 atom stereocenters. The Morgan fingerprint density at radius 3 is 2.77 bits per heavy atom. The first-order valence-electron chi connectivity index (χ1n) is 10.2. The van der Waals surface area contributed by atoms with Gasteiger partial charge in [-0.3, -0.25) is 0 Å².